The lowest BCUT2D eigenvalue weighted by molar-refractivity contribution is -0.156. The summed E-state index contributed by atoms with van der Waals surface area (Å²) in [4.78, 5) is 11.5. The number of rotatable bonds is 16. The molecular formula is C21H34ClNO6. The van der Waals surface area contributed by atoms with E-state index in [4.69, 9.17) is 35.3 Å². The number of nitrogens with one attached hydrogen (secondary N) is 1. The Balaban J connectivity index is 1.79. The van der Waals surface area contributed by atoms with Crippen LogP contribution in [-0.2, 0) is 28.5 Å². The first-order chi connectivity index (χ1) is 13.9. The zero-order chi connectivity index (χ0) is 21.4. The third-order valence-corrected chi connectivity index (χ3v) is 3.75. The maximum atomic E-state index is 11.5. The molecule has 0 fully saturated rings. The van der Waals surface area contributed by atoms with Gasteiger partial charge in [-0.05, 0) is 32.9 Å². The van der Waals surface area contributed by atoms with Gasteiger partial charge < -0.3 is 29.0 Å². The van der Waals surface area contributed by atoms with Gasteiger partial charge in [0.15, 0.2) is 0 Å². The molecule has 0 atom stereocenters. The highest BCUT2D eigenvalue weighted by Gasteiger charge is 2.15. The fourth-order valence-electron chi connectivity index (χ4n) is 2.17. The zero-order valence-corrected chi connectivity index (χ0v) is 18.5. The normalized spacial score (nSPS) is 11.4. The lowest BCUT2D eigenvalue weighted by atomic mass is 10.2. The summed E-state index contributed by atoms with van der Waals surface area (Å²) in [7, 11) is 0. The van der Waals surface area contributed by atoms with Gasteiger partial charge in [-0.2, -0.15) is 0 Å². The van der Waals surface area contributed by atoms with Crippen LogP contribution >= 0.6 is 11.6 Å². The largest absolute Gasteiger partial charge is 0.460 e. The molecule has 0 aliphatic heterocycles. The Bertz CT molecular complexity index is 564. The van der Waals surface area contributed by atoms with Gasteiger partial charge in [0.1, 0.15) is 5.60 Å². The maximum Gasteiger partial charge on any atom is 0.308 e. The van der Waals surface area contributed by atoms with Crippen LogP contribution in [0.15, 0.2) is 24.3 Å². The standard InChI is InChI=1S/C21H34ClNO6/c1-21(2,3)29-20(24)8-10-25-12-14-27-16-17-28-15-13-26-11-9-23-19-7-5-4-6-18(19)22/h4-7,23H,8-17H2,1-3H3. The number of hydrogen-bond acceptors (Lipinski definition) is 7. The van der Waals surface area contributed by atoms with Gasteiger partial charge in [-0.15, -0.1) is 0 Å². The maximum absolute atomic E-state index is 11.5. The topological polar surface area (TPSA) is 75.3 Å². The van der Waals surface area contributed by atoms with Crippen LogP contribution in [0.3, 0.4) is 0 Å². The summed E-state index contributed by atoms with van der Waals surface area (Å²) in [6.45, 7) is 10.0. The van der Waals surface area contributed by atoms with Gasteiger partial charge in [-0.1, -0.05) is 23.7 Å². The quantitative estimate of drug-likeness (QED) is 0.317. The Kier molecular flexibility index (Phi) is 13.7. The van der Waals surface area contributed by atoms with Crippen molar-refractivity contribution in [1.29, 1.82) is 0 Å². The van der Waals surface area contributed by atoms with Gasteiger partial charge in [0, 0.05) is 6.54 Å². The smallest absolute Gasteiger partial charge is 0.308 e. The lowest BCUT2D eigenvalue weighted by Gasteiger charge is -2.19. The Morgan fingerprint density at radius 1 is 0.862 bits per heavy atom. The fraction of sp³-hybridized carbons (Fsp3) is 0.667. The number of esters is 1. The summed E-state index contributed by atoms with van der Waals surface area (Å²) in [5.41, 5.74) is 0.443. The van der Waals surface area contributed by atoms with Gasteiger partial charge in [0.25, 0.3) is 0 Å². The minimum absolute atomic E-state index is 0.244. The molecule has 0 spiro atoms. The molecule has 1 aromatic carbocycles. The van der Waals surface area contributed by atoms with Crippen molar-refractivity contribution in [2.45, 2.75) is 32.8 Å². The molecule has 1 aromatic rings. The molecule has 0 aliphatic carbocycles. The molecule has 29 heavy (non-hydrogen) atoms. The van der Waals surface area contributed by atoms with Crippen molar-refractivity contribution in [3.63, 3.8) is 0 Å². The number of halogens is 1. The van der Waals surface area contributed by atoms with E-state index in [1.807, 2.05) is 45.0 Å². The molecule has 8 heteroatoms. The van der Waals surface area contributed by atoms with Crippen molar-refractivity contribution in [1.82, 2.24) is 0 Å². The highest BCUT2D eigenvalue weighted by molar-refractivity contribution is 6.33. The van der Waals surface area contributed by atoms with Crippen LogP contribution in [0.2, 0.25) is 5.02 Å². The van der Waals surface area contributed by atoms with E-state index in [-0.39, 0.29) is 12.4 Å². The van der Waals surface area contributed by atoms with Gasteiger partial charge >= 0.3 is 5.97 Å². The molecule has 0 amide bonds. The summed E-state index contributed by atoms with van der Waals surface area (Å²) in [6.07, 6.45) is 0.244. The van der Waals surface area contributed by atoms with E-state index in [1.54, 1.807) is 0 Å². The highest BCUT2D eigenvalue weighted by Crippen LogP contribution is 2.19. The molecule has 1 rings (SSSR count). The lowest BCUT2D eigenvalue weighted by Crippen LogP contribution is -2.24. The molecular weight excluding hydrogens is 398 g/mol. The van der Waals surface area contributed by atoms with Crippen LogP contribution in [0.5, 0.6) is 0 Å². The Morgan fingerprint density at radius 2 is 1.38 bits per heavy atom. The van der Waals surface area contributed by atoms with Gasteiger partial charge in [0.2, 0.25) is 0 Å². The third-order valence-electron chi connectivity index (χ3n) is 3.42. The highest BCUT2D eigenvalue weighted by atomic mass is 35.5. The van der Waals surface area contributed by atoms with E-state index in [2.05, 4.69) is 5.32 Å². The second-order valence-electron chi connectivity index (χ2n) is 7.19. The first-order valence-corrected chi connectivity index (χ1v) is 10.3. The molecule has 0 aromatic heterocycles. The molecule has 0 unspecified atom stereocenters. The molecule has 0 saturated heterocycles. The van der Waals surface area contributed by atoms with Crippen LogP contribution in [0.25, 0.3) is 0 Å². The van der Waals surface area contributed by atoms with Gasteiger partial charge in [-0.3, -0.25) is 4.79 Å². The Morgan fingerprint density at radius 3 is 1.93 bits per heavy atom. The van der Waals surface area contributed by atoms with Crippen molar-refractivity contribution in [2.75, 3.05) is 64.7 Å². The number of benzene rings is 1. The van der Waals surface area contributed by atoms with Crippen molar-refractivity contribution in [3.05, 3.63) is 29.3 Å². The number of carbonyl (C=O) groups is 1. The van der Waals surface area contributed by atoms with E-state index >= 15 is 0 Å². The van der Waals surface area contributed by atoms with Gasteiger partial charge in [-0.25, -0.2) is 0 Å². The monoisotopic (exact) mass is 431 g/mol. The third kappa shape index (κ3) is 15.2. The average Bonchev–Trinajstić information content (AvgIpc) is 2.64. The van der Waals surface area contributed by atoms with E-state index < -0.39 is 5.60 Å². The van der Waals surface area contributed by atoms with E-state index in [9.17, 15) is 4.79 Å². The molecule has 0 saturated carbocycles. The number of hydrogen-bond donors (Lipinski definition) is 1. The van der Waals surface area contributed by atoms with E-state index in [0.717, 1.165) is 5.69 Å². The van der Waals surface area contributed by atoms with E-state index in [1.165, 1.54) is 0 Å². The minimum Gasteiger partial charge on any atom is -0.460 e. The number of anilines is 1. The zero-order valence-electron chi connectivity index (χ0n) is 17.7. The number of para-hydroxylation sites is 1. The van der Waals surface area contributed by atoms with Crippen molar-refractivity contribution >= 4 is 23.3 Å². The molecule has 1 N–H and O–H groups in total. The molecule has 0 heterocycles. The van der Waals surface area contributed by atoms with Gasteiger partial charge in [0.05, 0.1) is 70.0 Å². The van der Waals surface area contributed by atoms with Crippen molar-refractivity contribution < 1.29 is 28.5 Å². The summed E-state index contributed by atoms with van der Waals surface area (Å²) < 4.78 is 26.8. The second kappa shape index (κ2) is 15.5. The predicted octanol–water partition coefficient (Wildman–Crippen LogP) is 3.55. The molecule has 0 aliphatic rings. The fourth-order valence-corrected chi connectivity index (χ4v) is 2.37. The van der Waals surface area contributed by atoms with Crippen LogP contribution in [0.1, 0.15) is 27.2 Å². The average molecular weight is 432 g/mol. The Hall–Kier alpha value is -1.38. The summed E-state index contributed by atoms with van der Waals surface area (Å²) >= 11 is 6.05. The first-order valence-electron chi connectivity index (χ1n) is 9.90. The minimum atomic E-state index is -0.460. The number of carbonyl (C=O) groups excluding carboxylic acids is 1. The Labute approximate surface area is 178 Å². The number of ether oxygens (including phenoxy) is 5. The first kappa shape index (κ1) is 25.7. The summed E-state index contributed by atoms with van der Waals surface area (Å²) in [5, 5.41) is 3.91. The van der Waals surface area contributed by atoms with Crippen LogP contribution in [0.4, 0.5) is 5.69 Å². The molecule has 7 nitrogen and oxygen atoms in total. The van der Waals surface area contributed by atoms with Crippen LogP contribution in [0, 0.1) is 0 Å². The van der Waals surface area contributed by atoms with Crippen LogP contribution in [-0.4, -0.2) is 71.0 Å². The molecule has 0 radical (unpaired) electrons. The second-order valence-corrected chi connectivity index (χ2v) is 7.60. The van der Waals surface area contributed by atoms with Crippen molar-refractivity contribution in [3.8, 4) is 0 Å². The van der Waals surface area contributed by atoms with Crippen LogP contribution < -0.4 is 5.32 Å². The SMILES string of the molecule is CC(C)(C)OC(=O)CCOCCOCCOCCOCCNc1ccccc1Cl. The predicted molar refractivity (Wildman–Crippen MR) is 114 cm³/mol. The summed E-state index contributed by atoms with van der Waals surface area (Å²) in [5.74, 6) is -0.256. The molecule has 0 bridgehead atoms. The van der Waals surface area contributed by atoms with E-state index in [0.29, 0.717) is 64.4 Å². The molecule has 166 valence electrons. The summed E-state index contributed by atoms with van der Waals surface area (Å²) in [6, 6.07) is 7.60. The van der Waals surface area contributed by atoms with Crippen molar-refractivity contribution in [2.24, 2.45) is 0 Å².